The minimum absolute atomic E-state index is 0. The molecule has 0 aromatic carbocycles. The van der Waals surface area contributed by atoms with Crippen molar-refractivity contribution in [3.8, 4) is 5.75 Å². The Balaban J connectivity index is 0.000000845. The van der Waals surface area contributed by atoms with Crippen LogP contribution in [0.4, 0.5) is 0 Å². The SMILES string of the molecule is Oc1ccc[n+](CCC2CC2)c1.[Cl-]. The van der Waals surface area contributed by atoms with Gasteiger partial charge in [0.05, 0.1) is 0 Å². The number of hydrogen-bond acceptors (Lipinski definition) is 1. The van der Waals surface area contributed by atoms with E-state index in [0.717, 1.165) is 12.5 Å². The molecule has 0 atom stereocenters. The lowest BCUT2D eigenvalue weighted by Gasteiger charge is -1.95. The molecule has 1 aromatic rings. The summed E-state index contributed by atoms with van der Waals surface area (Å²) in [6.07, 6.45) is 7.84. The maximum absolute atomic E-state index is 9.17. The van der Waals surface area contributed by atoms with Crippen molar-refractivity contribution >= 4 is 0 Å². The van der Waals surface area contributed by atoms with Crippen LogP contribution in [-0.4, -0.2) is 5.11 Å². The average molecular weight is 200 g/mol. The second-order valence-electron chi connectivity index (χ2n) is 3.53. The van der Waals surface area contributed by atoms with Crippen molar-refractivity contribution in [3.05, 3.63) is 24.5 Å². The molecule has 0 aliphatic heterocycles. The first-order valence-corrected chi connectivity index (χ1v) is 4.52. The molecule has 1 saturated carbocycles. The average Bonchev–Trinajstić information content (AvgIpc) is 2.84. The van der Waals surface area contributed by atoms with Gasteiger partial charge in [0.15, 0.2) is 11.9 Å². The second kappa shape index (κ2) is 4.47. The first kappa shape index (κ1) is 10.3. The third-order valence-corrected chi connectivity index (χ3v) is 2.34. The molecule has 1 aromatic heterocycles. The number of pyridine rings is 1. The van der Waals surface area contributed by atoms with Crippen molar-refractivity contribution in [2.45, 2.75) is 25.8 Å². The molecule has 0 amide bonds. The van der Waals surface area contributed by atoms with Gasteiger partial charge in [0, 0.05) is 12.5 Å². The molecule has 1 fully saturated rings. The van der Waals surface area contributed by atoms with Crippen LogP contribution >= 0.6 is 0 Å². The van der Waals surface area contributed by atoms with Gasteiger partial charge in [0.1, 0.15) is 6.54 Å². The highest BCUT2D eigenvalue weighted by Gasteiger charge is 2.22. The summed E-state index contributed by atoms with van der Waals surface area (Å²) in [7, 11) is 0. The molecule has 0 radical (unpaired) electrons. The van der Waals surface area contributed by atoms with Gasteiger partial charge in [-0.05, 0) is 24.8 Å². The number of aromatic nitrogens is 1. The zero-order valence-corrected chi connectivity index (χ0v) is 8.24. The fraction of sp³-hybridized carbons (Fsp3) is 0.500. The number of nitrogens with zero attached hydrogens (tertiary/aromatic N) is 1. The van der Waals surface area contributed by atoms with Crippen molar-refractivity contribution in [2.24, 2.45) is 5.92 Å². The number of aromatic hydroxyl groups is 1. The molecule has 1 N–H and O–H groups in total. The van der Waals surface area contributed by atoms with Crippen LogP contribution in [0.25, 0.3) is 0 Å². The maximum Gasteiger partial charge on any atom is 0.210 e. The molecular formula is C10H14ClNO. The molecule has 1 heterocycles. The predicted molar refractivity (Wildman–Crippen MR) is 45.6 cm³/mol. The molecule has 2 nitrogen and oxygen atoms in total. The lowest BCUT2D eigenvalue weighted by molar-refractivity contribution is -0.698. The van der Waals surface area contributed by atoms with Crippen molar-refractivity contribution in [1.29, 1.82) is 0 Å². The third kappa shape index (κ3) is 3.23. The van der Waals surface area contributed by atoms with Gasteiger partial charge in [-0.1, -0.05) is 0 Å². The van der Waals surface area contributed by atoms with E-state index in [0.29, 0.717) is 5.75 Å². The summed E-state index contributed by atoms with van der Waals surface area (Å²) in [6, 6.07) is 3.58. The molecule has 0 saturated heterocycles. The van der Waals surface area contributed by atoms with Crippen LogP contribution in [-0.2, 0) is 6.54 Å². The maximum atomic E-state index is 9.17. The number of halogens is 1. The van der Waals surface area contributed by atoms with Gasteiger partial charge in [-0.2, -0.15) is 0 Å². The van der Waals surface area contributed by atoms with Crippen molar-refractivity contribution in [2.75, 3.05) is 0 Å². The van der Waals surface area contributed by atoms with Crippen LogP contribution in [0.1, 0.15) is 19.3 Å². The molecule has 1 aliphatic rings. The Morgan fingerprint density at radius 3 is 2.85 bits per heavy atom. The summed E-state index contributed by atoms with van der Waals surface area (Å²) in [4.78, 5) is 0. The van der Waals surface area contributed by atoms with Gasteiger partial charge in [-0.15, -0.1) is 0 Å². The lowest BCUT2D eigenvalue weighted by Crippen LogP contribution is -3.00. The monoisotopic (exact) mass is 199 g/mol. The number of rotatable bonds is 3. The van der Waals surface area contributed by atoms with E-state index < -0.39 is 0 Å². The van der Waals surface area contributed by atoms with E-state index in [1.807, 2.05) is 16.8 Å². The van der Waals surface area contributed by atoms with Gasteiger partial charge in [0.25, 0.3) is 0 Å². The Kier molecular flexibility index (Phi) is 3.55. The smallest absolute Gasteiger partial charge is 0.210 e. The van der Waals surface area contributed by atoms with E-state index >= 15 is 0 Å². The molecular weight excluding hydrogens is 186 g/mol. The standard InChI is InChI=1S/C10H13NO.ClH/c12-10-2-1-6-11(8-10)7-5-9-3-4-9;/h1-2,6,8-9H,3-5,7H2;1H. The second-order valence-corrected chi connectivity index (χ2v) is 3.53. The Bertz CT molecular complexity index is 273. The van der Waals surface area contributed by atoms with E-state index in [2.05, 4.69) is 0 Å². The summed E-state index contributed by atoms with van der Waals surface area (Å²) in [5.74, 6) is 1.31. The Labute approximate surface area is 84.6 Å². The molecule has 3 heteroatoms. The highest BCUT2D eigenvalue weighted by molar-refractivity contribution is 5.09. The van der Waals surface area contributed by atoms with Crippen molar-refractivity contribution < 1.29 is 22.1 Å². The minimum atomic E-state index is 0. The first-order valence-electron chi connectivity index (χ1n) is 4.52. The zero-order valence-electron chi connectivity index (χ0n) is 7.49. The topological polar surface area (TPSA) is 24.1 Å². The largest absolute Gasteiger partial charge is 1.00 e. The lowest BCUT2D eigenvalue weighted by atomic mass is 10.3. The highest BCUT2D eigenvalue weighted by atomic mass is 35.5. The molecule has 0 spiro atoms. The van der Waals surface area contributed by atoms with E-state index in [1.165, 1.54) is 19.3 Å². The van der Waals surface area contributed by atoms with Gasteiger partial charge < -0.3 is 17.5 Å². The molecule has 0 unspecified atom stereocenters. The fourth-order valence-electron chi connectivity index (χ4n) is 1.39. The summed E-state index contributed by atoms with van der Waals surface area (Å²) in [5.41, 5.74) is 0. The predicted octanol–water partition coefficient (Wildman–Crippen LogP) is -1.52. The molecule has 13 heavy (non-hydrogen) atoms. The Morgan fingerprint density at radius 1 is 1.46 bits per heavy atom. The zero-order chi connectivity index (χ0) is 8.39. The van der Waals surface area contributed by atoms with Crippen molar-refractivity contribution in [3.63, 3.8) is 0 Å². The van der Waals surface area contributed by atoms with Gasteiger partial charge >= 0.3 is 0 Å². The Morgan fingerprint density at radius 2 is 2.23 bits per heavy atom. The van der Waals surface area contributed by atoms with Crippen LogP contribution in [0.5, 0.6) is 5.75 Å². The normalized spacial score (nSPS) is 15.1. The van der Waals surface area contributed by atoms with Crippen LogP contribution in [0.3, 0.4) is 0 Å². The van der Waals surface area contributed by atoms with E-state index in [9.17, 15) is 5.11 Å². The fourth-order valence-corrected chi connectivity index (χ4v) is 1.39. The van der Waals surface area contributed by atoms with Crippen LogP contribution in [0, 0.1) is 5.92 Å². The van der Waals surface area contributed by atoms with Crippen molar-refractivity contribution in [1.82, 2.24) is 0 Å². The molecule has 0 bridgehead atoms. The summed E-state index contributed by atoms with van der Waals surface area (Å²) in [6.45, 7) is 1.04. The van der Waals surface area contributed by atoms with Gasteiger partial charge in [-0.3, -0.25) is 0 Å². The van der Waals surface area contributed by atoms with Crippen LogP contribution in [0.2, 0.25) is 0 Å². The number of hydrogen-bond donors (Lipinski definition) is 1. The first-order chi connectivity index (χ1) is 5.84. The van der Waals surface area contributed by atoms with Gasteiger partial charge in [0.2, 0.25) is 6.20 Å². The minimum Gasteiger partial charge on any atom is -1.00 e. The highest BCUT2D eigenvalue weighted by Crippen LogP contribution is 2.32. The van der Waals surface area contributed by atoms with E-state index in [1.54, 1.807) is 12.3 Å². The van der Waals surface area contributed by atoms with Crippen LogP contribution < -0.4 is 17.0 Å². The summed E-state index contributed by atoms with van der Waals surface area (Å²) >= 11 is 0. The summed E-state index contributed by atoms with van der Waals surface area (Å²) < 4.78 is 2.05. The Hall–Kier alpha value is -0.760. The van der Waals surface area contributed by atoms with Crippen LogP contribution in [0.15, 0.2) is 24.5 Å². The van der Waals surface area contributed by atoms with Gasteiger partial charge in [-0.25, -0.2) is 4.57 Å². The third-order valence-electron chi connectivity index (χ3n) is 2.34. The quantitative estimate of drug-likeness (QED) is 0.588. The molecule has 72 valence electrons. The van der Waals surface area contributed by atoms with E-state index in [-0.39, 0.29) is 12.4 Å². The summed E-state index contributed by atoms with van der Waals surface area (Å²) in [5, 5.41) is 9.17. The molecule has 1 aliphatic carbocycles. The molecule has 2 rings (SSSR count). The van der Waals surface area contributed by atoms with E-state index in [4.69, 9.17) is 0 Å². The number of aryl methyl sites for hydroxylation is 1.